The van der Waals surface area contributed by atoms with Crippen molar-refractivity contribution in [1.29, 1.82) is 0 Å². The van der Waals surface area contributed by atoms with Crippen LogP contribution in [0.5, 0.6) is 0 Å². The quantitative estimate of drug-likeness (QED) is 0.869. The Kier molecular flexibility index (Phi) is 5.33. The summed E-state index contributed by atoms with van der Waals surface area (Å²) in [5, 5.41) is 0. The zero-order valence-corrected chi connectivity index (χ0v) is 15.2. The SMILES string of the molecule is Cc1ccc(S(=O)(=O)NC(=O)C[C@@H](C)n2cccc2)cc1N(C)C. The average molecular weight is 349 g/mol. The number of aromatic nitrogens is 1. The van der Waals surface area contributed by atoms with Crippen LogP contribution < -0.4 is 9.62 Å². The lowest BCUT2D eigenvalue weighted by Crippen LogP contribution is -2.32. The van der Waals surface area contributed by atoms with Crippen LogP contribution in [-0.4, -0.2) is 33.0 Å². The van der Waals surface area contributed by atoms with E-state index >= 15 is 0 Å². The number of carbonyl (C=O) groups excluding carboxylic acids is 1. The molecule has 1 aromatic heterocycles. The summed E-state index contributed by atoms with van der Waals surface area (Å²) in [6, 6.07) is 8.41. The Hall–Kier alpha value is -2.28. The van der Waals surface area contributed by atoms with Crippen LogP contribution in [0, 0.1) is 6.92 Å². The van der Waals surface area contributed by atoms with Gasteiger partial charge in [-0.25, -0.2) is 13.1 Å². The van der Waals surface area contributed by atoms with Gasteiger partial charge in [-0.3, -0.25) is 4.79 Å². The van der Waals surface area contributed by atoms with Crippen LogP contribution in [0.3, 0.4) is 0 Å². The third-order valence-corrected chi connectivity index (χ3v) is 5.21. The lowest BCUT2D eigenvalue weighted by Gasteiger charge is -2.17. The van der Waals surface area contributed by atoms with Gasteiger partial charge in [-0.2, -0.15) is 0 Å². The molecule has 7 heteroatoms. The average Bonchev–Trinajstić information content (AvgIpc) is 3.00. The molecule has 1 amide bonds. The van der Waals surface area contributed by atoms with Crippen molar-refractivity contribution in [1.82, 2.24) is 9.29 Å². The van der Waals surface area contributed by atoms with Gasteiger partial charge in [0, 0.05) is 44.6 Å². The maximum atomic E-state index is 12.4. The van der Waals surface area contributed by atoms with Crippen molar-refractivity contribution < 1.29 is 13.2 Å². The fraction of sp³-hybridized carbons (Fsp3) is 0.353. The van der Waals surface area contributed by atoms with Crippen molar-refractivity contribution in [3.05, 3.63) is 48.3 Å². The highest BCUT2D eigenvalue weighted by Crippen LogP contribution is 2.22. The summed E-state index contributed by atoms with van der Waals surface area (Å²) in [6.45, 7) is 3.77. The third kappa shape index (κ3) is 4.17. The molecular formula is C17H23N3O3S. The summed E-state index contributed by atoms with van der Waals surface area (Å²) < 4.78 is 28.9. The number of aryl methyl sites for hydroxylation is 1. The fourth-order valence-electron chi connectivity index (χ4n) is 2.50. The number of sulfonamides is 1. The molecule has 1 heterocycles. The van der Waals surface area contributed by atoms with Gasteiger partial charge in [-0.05, 0) is 43.7 Å². The molecule has 1 aromatic carbocycles. The standard InChI is InChI=1S/C17H23N3O3S/c1-13-7-8-15(12-16(13)19(3)4)24(22,23)18-17(21)11-14(2)20-9-5-6-10-20/h5-10,12,14H,11H2,1-4H3,(H,18,21)/t14-/m1/s1. The molecule has 0 saturated heterocycles. The number of hydrogen-bond acceptors (Lipinski definition) is 4. The van der Waals surface area contributed by atoms with Gasteiger partial charge < -0.3 is 9.47 Å². The smallest absolute Gasteiger partial charge is 0.264 e. The summed E-state index contributed by atoms with van der Waals surface area (Å²) in [6.07, 6.45) is 3.77. The molecule has 0 bridgehead atoms. The number of benzene rings is 1. The molecule has 0 fully saturated rings. The number of nitrogens with one attached hydrogen (secondary N) is 1. The molecule has 0 aliphatic heterocycles. The lowest BCUT2D eigenvalue weighted by atomic mass is 10.2. The number of carbonyl (C=O) groups is 1. The molecule has 1 atom stereocenters. The Morgan fingerprint density at radius 3 is 2.46 bits per heavy atom. The van der Waals surface area contributed by atoms with Crippen LogP contribution >= 0.6 is 0 Å². The van der Waals surface area contributed by atoms with Crippen molar-refractivity contribution in [2.75, 3.05) is 19.0 Å². The normalized spacial score (nSPS) is 12.7. The molecule has 0 aliphatic carbocycles. The predicted octanol–water partition coefficient (Wildman–Crippen LogP) is 2.32. The Labute approximate surface area is 143 Å². The first-order valence-corrected chi connectivity index (χ1v) is 9.15. The minimum atomic E-state index is -3.88. The van der Waals surface area contributed by atoms with Gasteiger partial charge in [0.05, 0.1) is 4.90 Å². The van der Waals surface area contributed by atoms with E-state index in [0.717, 1.165) is 11.3 Å². The van der Waals surface area contributed by atoms with Crippen LogP contribution in [0.1, 0.15) is 24.9 Å². The predicted molar refractivity (Wildman–Crippen MR) is 94.6 cm³/mol. The monoisotopic (exact) mass is 349 g/mol. The van der Waals surface area contributed by atoms with E-state index in [1.165, 1.54) is 6.07 Å². The summed E-state index contributed by atoms with van der Waals surface area (Å²) in [4.78, 5) is 14.0. The zero-order chi connectivity index (χ0) is 17.9. The van der Waals surface area contributed by atoms with Gasteiger partial charge in [0.15, 0.2) is 0 Å². The van der Waals surface area contributed by atoms with E-state index in [2.05, 4.69) is 4.72 Å². The molecular weight excluding hydrogens is 326 g/mol. The Morgan fingerprint density at radius 2 is 1.88 bits per heavy atom. The molecule has 0 spiro atoms. The van der Waals surface area contributed by atoms with Crippen LogP contribution in [0.25, 0.3) is 0 Å². The van der Waals surface area contributed by atoms with E-state index in [0.29, 0.717) is 0 Å². The highest BCUT2D eigenvalue weighted by atomic mass is 32.2. The highest BCUT2D eigenvalue weighted by Gasteiger charge is 2.20. The van der Waals surface area contributed by atoms with E-state index in [-0.39, 0.29) is 17.4 Å². The maximum absolute atomic E-state index is 12.4. The first-order valence-electron chi connectivity index (χ1n) is 7.67. The van der Waals surface area contributed by atoms with Crippen molar-refractivity contribution >= 4 is 21.6 Å². The van der Waals surface area contributed by atoms with Crippen molar-refractivity contribution in [2.45, 2.75) is 31.2 Å². The molecule has 1 N–H and O–H groups in total. The molecule has 6 nitrogen and oxygen atoms in total. The van der Waals surface area contributed by atoms with Gasteiger partial charge in [0.25, 0.3) is 10.0 Å². The van der Waals surface area contributed by atoms with Crippen molar-refractivity contribution in [3.8, 4) is 0 Å². The van der Waals surface area contributed by atoms with Gasteiger partial charge in [-0.1, -0.05) is 6.07 Å². The number of nitrogens with zero attached hydrogens (tertiary/aromatic N) is 2. The second kappa shape index (κ2) is 7.09. The molecule has 0 radical (unpaired) electrons. The van der Waals surface area contributed by atoms with E-state index < -0.39 is 15.9 Å². The topological polar surface area (TPSA) is 71.4 Å². The van der Waals surface area contributed by atoms with E-state index in [4.69, 9.17) is 0 Å². The number of hydrogen-bond donors (Lipinski definition) is 1. The van der Waals surface area contributed by atoms with E-state index in [1.54, 1.807) is 12.1 Å². The van der Waals surface area contributed by atoms with Crippen molar-refractivity contribution in [3.63, 3.8) is 0 Å². The highest BCUT2D eigenvalue weighted by molar-refractivity contribution is 7.90. The molecule has 2 aromatic rings. The molecule has 0 aliphatic rings. The van der Waals surface area contributed by atoms with Gasteiger partial charge in [0.1, 0.15) is 0 Å². The summed E-state index contributed by atoms with van der Waals surface area (Å²) in [7, 11) is -0.196. The summed E-state index contributed by atoms with van der Waals surface area (Å²) in [5.74, 6) is -0.525. The van der Waals surface area contributed by atoms with Gasteiger partial charge >= 0.3 is 0 Å². The molecule has 130 valence electrons. The minimum Gasteiger partial charge on any atom is -0.377 e. The minimum absolute atomic E-state index is 0.0822. The number of rotatable bonds is 6. The largest absolute Gasteiger partial charge is 0.377 e. The van der Waals surface area contributed by atoms with E-state index in [1.807, 2.05) is 61.9 Å². The lowest BCUT2D eigenvalue weighted by molar-refractivity contribution is -0.120. The first kappa shape index (κ1) is 18.1. The van der Waals surface area contributed by atoms with Crippen molar-refractivity contribution in [2.24, 2.45) is 0 Å². The second-order valence-corrected chi connectivity index (χ2v) is 7.74. The van der Waals surface area contributed by atoms with Crippen LogP contribution in [0.2, 0.25) is 0 Å². The van der Waals surface area contributed by atoms with Gasteiger partial charge in [-0.15, -0.1) is 0 Å². The Morgan fingerprint density at radius 1 is 1.25 bits per heavy atom. The third-order valence-electron chi connectivity index (χ3n) is 3.84. The first-order chi connectivity index (χ1) is 11.2. The molecule has 0 saturated carbocycles. The second-order valence-electron chi connectivity index (χ2n) is 6.05. The van der Waals surface area contributed by atoms with Crippen LogP contribution in [0.4, 0.5) is 5.69 Å². The number of amides is 1. The fourth-order valence-corrected chi connectivity index (χ4v) is 3.52. The van der Waals surface area contributed by atoms with Gasteiger partial charge in [0.2, 0.25) is 5.91 Å². The molecule has 0 unspecified atom stereocenters. The zero-order valence-electron chi connectivity index (χ0n) is 14.4. The summed E-state index contributed by atoms with van der Waals surface area (Å²) >= 11 is 0. The number of anilines is 1. The van der Waals surface area contributed by atoms with Crippen LogP contribution in [-0.2, 0) is 14.8 Å². The van der Waals surface area contributed by atoms with Crippen LogP contribution in [0.15, 0.2) is 47.6 Å². The Balaban J connectivity index is 2.13. The maximum Gasteiger partial charge on any atom is 0.264 e. The molecule has 24 heavy (non-hydrogen) atoms. The summed E-state index contributed by atoms with van der Waals surface area (Å²) in [5.41, 5.74) is 1.76. The molecule has 2 rings (SSSR count). The Bertz CT molecular complexity index is 812. The van der Waals surface area contributed by atoms with E-state index in [9.17, 15) is 13.2 Å².